The van der Waals surface area contributed by atoms with Crippen molar-refractivity contribution in [1.29, 1.82) is 0 Å². The highest BCUT2D eigenvalue weighted by atomic mass is 32.1. The molecule has 0 aliphatic carbocycles. The number of aryl methyl sites for hydroxylation is 1. The monoisotopic (exact) mass is 504 g/mol. The fourth-order valence-corrected chi connectivity index (χ4v) is 5.38. The Morgan fingerprint density at radius 1 is 0.611 bits per heavy atom. The summed E-state index contributed by atoms with van der Waals surface area (Å²) >= 11 is 3.58. The van der Waals surface area contributed by atoms with Gasteiger partial charge in [-0.15, -0.1) is 22.7 Å². The SMILES string of the molecule is C1=C(c2ccccc2)N=C(/C=C/c2cccs2)C1.C1=C(c2ccccc2)N=C(CCc2cccs2)C1. The van der Waals surface area contributed by atoms with E-state index < -0.39 is 0 Å². The van der Waals surface area contributed by atoms with Gasteiger partial charge in [0.05, 0.1) is 11.4 Å². The first-order valence-corrected chi connectivity index (χ1v) is 14.0. The number of allylic oxidation sites excluding steroid dienone is 3. The normalized spacial score (nSPS) is 14.7. The fraction of sp³-hybridized carbons (Fsp3) is 0.125. The Balaban J connectivity index is 0.000000148. The molecule has 4 heterocycles. The summed E-state index contributed by atoms with van der Waals surface area (Å²) in [5.41, 5.74) is 7.07. The average molecular weight is 505 g/mol. The Labute approximate surface area is 221 Å². The highest BCUT2D eigenvalue weighted by molar-refractivity contribution is 7.10. The van der Waals surface area contributed by atoms with Crippen molar-refractivity contribution in [3.05, 3.63) is 135 Å². The molecule has 2 aromatic carbocycles. The van der Waals surface area contributed by atoms with Crippen LogP contribution in [-0.2, 0) is 6.42 Å². The molecule has 2 aliphatic rings. The molecule has 0 radical (unpaired) electrons. The largest absolute Gasteiger partial charge is 0.257 e. The predicted octanol–water partition coefficient (Wildman–Crippen LogP) is 9.21. The van der Waals surface area contributed by atoms with Crippen molar-refractivity contribution in [2.45, 2.75) is 25.7 Å². The zero-order valence-electron chi connectivity index (χ0n) is 20.1. The van der Waals surface area contributed by atoms with Crippen LogP contribution in [0.3, 0.4) is 0 Å². The molecule has 2 aromatic heterocycles. The van der Waals surface area contributed by atoms with Crippen LogP contribution in [0.2, 0.25) is 0 Å². The molecule has 178 valence electrons. The van der Waals surface area contributed by atoms with Gasteiger partial charge in [-0.05, 0) is 59.0 Å². The summed E-state index contributed by atoms with van der Waals surface area (Å²) in [5.74, 6) is 0. The van der Waals surface area contributed by atoms with Crippen molar-refractivity contribution in [2.24, 2.45) is 9.98 Å². The Morgan fingerprint density at radius 3 is 1.94 bits per heavy atom. The molecule has 0 unspecified atom stereocenters. The quantitative estimate of drug-likeness (QED) is 0.240. The van der Waals surface area contributed by atoms with E-state index in [1.165, 1.54) is 26.6 Å². The van der Waals surface area contributed by atoms with Crippen molar-refractivity contribution in [1.82, 2.24) is 0 Å². The third kappa shape index (κ3) is 6.75. The summed E-state index contributed by atoms with van der Waals surface area (Å²) in [5, 5.41) is 4.23. The van der Waals surface area contributed by atoms with Crippen molar-refractivity contribution in [3.63, 3.8) is 0 Å². The van der Waals surface area contributed by atoms with E-state index in [1.807, 2.05) is 35.6 Å². The topological polar surface area (TPSA) is 24.7 Å². The molecule has 0 spiro atoms. The van der Waals surface area contributed by atoms with Crippen molar-refractivity contribution < 1.29 is 0 Å². The van der Waals surface area contributed by atoms with E-state index in [-0.39, 0.29) is 0 Å². The standard InChI is InChI=1S/C16H15NS.C16H13NS/c2*1-2-5-13(6-3-1)16-11-9-14(17-16)8-10-15-7-4-12-18-15/h1-7,11-12H,8-10H2;1-8,10-12H,9H2/b;10-8+. The van der Waals surface area contributed by atoms with Gasteiger partial charge in [0.15, 0.2) is 0 Å². The lowest BCUT2D eigenvalue weighted by atomic mass is 10.1. The van der Waals surface area contributed by atoms with E-state index in [1.54, 1.807) is 11.3 Å². The number of nitrogens with zero attached hydrogens (tertiary/aromatic N) is 2. The molecular formula is C32H28N2S2. The maximum Gasteiger partial charge on any atom is 0.0669 e. The molecular weight excluding hydrogens is 477 g/mol. The highest BCUT2D eigenvalue weighted by Gasteiger charge is 2.10. The van der Waals surface area contributed by atoms with Gasteiger partial charge >= 0.3 is 0 Å². The lowest BCUT2D eigenvalue weighted by Gasteiger charge is -1.99. The summed E-state index contributed by atoms with van der Waals surface area (Å²) < 4.78 is 0. The minimum Gasteiger partial charge on any atom is -0.257 e. The first kappa shape index (κ1) is 24.1. The van der Waals surface area contributed by atoms with E-state index in [9.17, 15) is 0 Å². The zero-order chi connectivity index (χ0) is 24.4. The molecule has 0 fully saturated rings. The van der Waals surface area contributed by atoms with E-state index in [0.717, 1.165) is 42.8 Å². The van der Waals surface area contributed by atoms with Gasteiger partial charge in [0.2, 0.25) is 0 Å². The van der Waals surface area contributed by atoms with Crippen LogP contribution in [0.1, 0.15) is 40.1 Å². The third-order valence-electron chi connectivity index (χ3n) is 5.94. The summed E-state index contributed by atoms with van der Waals surface area (Å²) in [6, 6.07) is 29.2. The molecule has 0 saturated carbocycles. The van der Waals surface area contributed by atoms with E-state index in [2.05, 4.69) is 101 Å². The van der Waals surface area contributed by atoms with Gasteiger partial charge in [0.25, 0.3) is 0 Å². The van der Waals surface area contributed by atoms with E-state index >= 15 is 0 Å². The van der Waals surface area contributed by atoms with Gasteiger partial charge in [-0.1, -0.05) is 84.9 Å². The molecule has 6 rings (SSSR count). The minimum absolute atomic E-state index is 0.923. The van der Waals surface area contributed by atoms with Crippen molar-refractivity contribution in [2.75, 3.05) is 0 Å². The predicted molar refractivity (Wildman–Crippen MR) is 159 cm³/mol. The Bertz CT molecular complexity index is 1390. The second-order valence-corrected chi connectivity index (χ2v) is 10.5. The number of hydrogen-bond acceptors (Lipinski definition) is 4. The van der Waals surface area contributed by atoms with Crippen LogP contribution < -0.4 is 0 Å². The first-order valence-electron chi connectivity index (χ1n) is 12.2. The average Bonchev–Trinajstić information content (AvgIpc) is 3.76. The van der Waals surface area contributed by atoms with Crippen molar-refractivity contribution >= 4 is 51.6 Å². The molecule has 4 aromatic rings. The summed E-state index contributed by atoms with van der Waals surface area (Å²) in [6.07, 6.45) is 12.8. The molecule has 0 atom stereocenters. The van der Waals surface area contributed by atoms with Crippen LogP contribution in [0.4, 0.5) is 0 Å². The summed E-state index contributed by atoms with van der Waals surface area (Å²) in [6.45, 7) is 0. The van der Waals surface area contributed by atoms with Gasteiger partial charge in [-0.3, -0.25) is 9.98 Å². The van der Waals surface area contributed by atoms with Gasteiger partial charge in [-0.2, -0.15) is 0 Å². The summed E-state index contributed by atoms with van der Waals surface area (Å²) in [7, 11) is 0. The number of aliphatic imine (C=N–C) groups is 2. The fourth-order valence-electron chi connectivity index (χ4n) is 4.06. The zero-order valence-corrected chi connectivity index (χ0v) is 21.7. The van der Waals surface area contributed by atoms with Gasteiger partial charge in [0, 0.05) is 34.0 Å². The van der Waals surface area contributed by atoms with Crippen LogP contribution in [0.5, 0.6) is 0 Å². The maximum atomic E-state index is 4.74. The highest BCUT2D eigenvalue weighted by Crippen LogP contribution is 2.25. The second kappa shape index (κ2) is 12.4. The Kier molecular flexibility index (Phi) is 8.30. The third-order valence-corrected chi connectivity index (χ3v) is 7.71. The molecule has 36 heavy (non-hydrogen) atoms. The first-order chi connectivity index (χ1) is 17.8. The molecule has 0 amide bonds. The molecule has 2 nitrogen and oxygen atoms in total. The molecule has 0 N–H and O–H groups in total. The Morgan fingerprint density at radius 2 is 1.28 bits per heavy atom. The minimum atomic E-state index is 0.923. The maximum absolute atomic E-state index is 4.74. The van der Waals surface area contributed by atoms with E-state index in [4.69, 9.17) is 4.99 Å². The van der Waals surface area contributed by atoms with Gasteiger partial charge in [0.1, 0.15) is 0 Å². The number of benzene rings is 2. The lowest BCUT2D eigenvalue weighted by Crippen LogP contribution is -1.95. The molecule has 0 bridgehead atoms. The van der Waals surface area contributed by atoms with Crippen LogP contribution >= 0.6 is 22.7 Å². The van der Waals surface area contributed by atoms with Crippen LogP contribution in [0.15, 0.2) is 124 Å². The van der Waals surface area contributed by atoms with Gasteiger partial charge in [-0.25, -0.2) is 0 Å². The van der Waals surface area contributed by atoms with Crippen molar-refractivity contribution in [3.8, 4) is 0 Å². The lowest BCUT2D eigenvalue weighted by molar-refractivity contribution is 1.05. The smallest absolute Gasteiger partial charge is 0.0669 e. The van der Waals surface area contributed by atoms with Crippen LogP contribution in [-0.4, -0.2) is 11.4 Å². The molecule has 0 saturated heterocycles. The molecule has 2 aliphatic heterocycles. The second-order valence-electron chi connectivity index (χ2n) is 8.53. The summed E-state index contributed by atoms with van der Waals surface area (Å²) in [4.78, 5) is 12.1. The number of thiophene rings is 2. The Hall–Kier alpha value is -3.60. The number of rotatable bonds is 7. The molecule has 4 heteroatoms. The van der Waals surface area contributed by atoms with Gasteiger partial charge < -0.3 is 0 Å². The number of hydrogen-bond donors (Lipinski definition) is 0. The van der Waals surface area contributed by atoms with Crippen LogP contribution in [0, 0.1) is 0 Å². The van der Waals surface area contributed by atoms with E-state index in [0.29, 0.717) is 0 Å². The van der Waals surface area contributed by atoms with Crippen LogP contribution in [0.25, 0.3) is 17.5 Å².